The van der Waals surface area contributed by atoms with Crippen molar-refractivity contribution in [3.05, 3.63) is 42.2 Å². The predicted octanol–water partition coefficient (Wildman–Crippen LogP) is 3.73. The molecule has 1 aliphatic carbocycles. The highest BCUT2D eigenvalue weighted by Gasteiger charge is 2.38. The Labute approximate surface area is 188 Å². The quantitative estimate of drug-likeness (QED) is 0.640. The van der Waals surface area contributed by atoms with Crippen LogP contribution in [0.15, 0.2) is 36.5 Å². The molecule has 2 aromatic rings. The summed E-state index contributed by atoms with van der Waals surface area (Å²) >= 11 is 0. The number of likely N-dealkylation sites (N-methyl/N-ethyl adjacent to an activating group) is 1. The Balaban J connectivity index is 1.59. The van der Waals surface area contributed by atoms with E-state index >= 15 is 0 Å². The van der Waals surface area contributed by atoms with Crippen molar-refractivity contribution in [3.63, 3.8) is 0 Å². The molecule has 168 valence electrons. The number of likely N-dealkylation sites (tertiary alicyclic amines) is 1. The number of aldehydes is 1. The molecule has 1 N–H and O–H groups in total. The van der Waals surface area contributed by atoms with Crippen LogP contribution < -0.4 is 4.74 Å². The number of carbonyl (C=O) groups is 2. The minimum Gasteiger partial charge on any atom is -0.490 e. The van der Waals surface area contributed by atoms with Crippen LogP contribution in [0, 0.1) is 23.2 Å². The van der Waals surface area contributed by atoms with Crippen molar-refractivity contribution in [1.29, 1.82) is 5.26 Å². The van der Waals surface area contributed by atoms with Gasteiger partial charge >= 0.3 is 0 Å². The van der Waals surface area contributed by atoms with Gasteiger partial charge in [-0.15, -0.1) is 0 Å². The molecular weight excluding hydrogens is 404 g/mol. The van der Waals surface area contributed by atoms with Crippen LogP contribution in [-0.4, -0.2) is 58.8 Å². The molecule has 1 amide bonds. The highest BCUT2D eigenvalue weighted by atomic mass is 16.5. The van der Waals surface area contributed by atoms with Gasteiger partial charge in [0.2, 0.25) is 0 Å². The monoisotopic (exact) mass is 434 g/mol. The van der Waals surface area contributed by atoms with Gasteiger partial charge in [0.05, 0.1) is 18.2 Å². The summed E-state index contributed by atoms with van der Waals surface area (Å²) in [4.78, 5) is 31.6. The maximum Gasteiger partial charge on any atom is 0.270 e. The minimum absolute atomic E-state index is 0.0733. The first-order valence-corrected chi connectivity index (χ1v) is 11.2. The topological polar surface area (TPSA) is 89.4 Å². The second-order valence-electron chi connectivity index (χ2n) is 9.24. The van der Waals surface area contributed by atoms with E-state index in [2.05, 4.69) is 17.6 Å². The summed E-state index contributed by atoms with van der Waals surface area (Å²) in [6, 6.07) is 9.21. The Kier molecular flexibility index (Phi) is 5.96. The number of ether oxygens (including phenoxy) is 1. The zero-order valence-electron chi connectivity index (χ0n) is 18.9. The molecule has 1 saturated carbocycles. The Bertz CT molecular complexity index is 1080. The molecule has 7 nitrogen and oxygen atoms in total. The Morgan fingerprint density at radius 3 is 2.78 bits per heavy atom. The molecule has 2 fully saturated rings. The molecule has 0 bridgehead atoms. The maximum absolute atomic E-state index is 13.5. The third-order valence-corrected chi connectivity index (χ3v) is 6.43. The molecule has 0 radical (unpaired) electrons. The van der Waals surface area contributed by atoms with Crippen molar-refractivity contribution in [2.45, 2.75) is 51.3 Å². The van der Waals surface area contributed by atoms with Gasteiger partial charge in [0.15, 0.2) is 0 Å². The number of amides is 1. The van der Waals surface area contributed by atoms with Crippen LogP contribution in [0.25, 0.3) is 10.9 Å². The van der Waals surface area contributed by atoms with E-state index in [-0.39, 0.29) is 29.9 Å². The molecule has 3 atom stereocenters. The first-order valence-electron chi connectivity index (χ1n) is 11.2. The van der Waals surface area contributed by atoms with Crippen molar-refractivity contribution in [2.75, 3.05) is 13.6 Å². The lowest BCUT2D eigenvalue weighted by atomic mass is 9.98. The summed E-state index contributed by atoms with van der Waals surface area (Å²) in [5.74, 6) is 0.521. The molecule has 3 unspecified atom stereocenters. The van der Waals surface area contributed by atoms with E-state index in [1.165, 1.54) is 0 Å². The number of nitrogens with zero attached hydrogens (tertiary/aromatic N) is 3. The van der Waals surface area contributed by atoms with Crippen LogP contribution in [0.3, 0.4) is 0 Å². The van der Waals surface area contributed by atoms with E-state index in [1.54, 1.807) is 11.9 Å². The van der Waals surface area contributed by atoms with Gasteiger partial charge in [0.1, 0.15) is 23.8 Å². The molecule has 2 heterocycles. The van der Waals surface area contributed by atoms with Crippen LogP contribution in [0.5, 0.6) is 5.75 Å². The average Bonchev–Trinajstić information content (AvgIpc) is 3.32. The van der Waals surface area contributed by atoms with Crippen LogP contribution >= 0.6 is 0 Å². The second kappa shape index (κ2) is 8.70. The fourth-order valence-electron chi connectivity index (χ4n) is 4.66. The molecule has 1 aromatic carbocycles. The summed E-state index contributed by atoms with van der Waals surface area (Å²) in [5.41, 5.74) is 2.04. The summed E-state index contributed by atoms with van der Waals surface area (Å²) in [6.45, 7) is 8.77. The SMILES string of the molecule is C=C(C(C(C)C)N(C)C(=O)c1cc2c(OC3CC3)cccc2[nH]1)N1CC(C=O)CC1C#N. The van der Waals surface area contributed by atoms with Gasteiger partial charge in [0.25, 0.3) is 5.91 Å². The fraction of sp³-hybridized carbons (Fsp3) is 0.480. The summed E-state index contributed by atoms with van der Waals surface area (Å²) in [7, 11) is 1.76. The van der Waals surface area contributed by atoms with Crippen molar-refractivity contribution < 1.29 is 14.3 Å². The zero-order valence-corrected chi connectivity index (χ0v) is 18.9. The Hall–Kier alpha value is -3.27. The minimum atomic E-state index is -0.405. The average molecular weight is 435 g/mol. The van der Waals surface area contributed by atoms with Crippen molar-refractivity contribution in [2.24, 2.45) is 11.8 Å². The molecule has 7 heteroatoms. The Morgan fingerprint density at radius 2 is 2.16 bits per heavy atom. The molecule has 2 aliphatic rings. The molecule has 1 saturated heterocycles. The van der Waals surface area contributed by atoms with Gasteiger partial charge in [-0.25, -0.2) is 0 Å². The first-order chi connectivity index (χ1) is 15.3. The number of aromatic nitrogens is 1. The maximum atomic E-state index is 13.5. The number of aromatic amines is 1. The van der Waals surface area contributed by atoms with Crippen LogP contribution in [0.2, 0.25) is 0 Å². The predicted molar refractivity (Wildman–Crippen MR) is 122 cm³/mol. The largest absolute Gasteiger partial charge is 0.490 e. The first kappa shape index (κ1) is 21.9. The van der Waals surface area contributed by atoms with E-state index < -0.39 is 6.04 Å². The lowest BCUT2D eigenvalue weighted by molar-refractivity contribution is -0.110. The highest BCUT2D eigenvalue weighted by Crippen LogP contribution is 2.34. The number of nitrogens with one attached hydrogen (secondary N) is 1. The molecule has 1 aromatic heterocycles. The molecule has 4 rings (SSSR count). The molecule has 32 heavy (non-hydrogen) atoms. The van der Waals surface area contributed by atoms with Gasteiger partial charge in [0, 0.05) is 36.1 Å². The number of H-pyrrole nitrogens is 1. The lowest BCUT2D eigenvalue weighted by Crippen LogP contribution is -2.46. The van der Waals surface area contributed by atoms with Gasteiger partial charge < -0.3 is 24.3 Å². The van der Waals surface area contributed by atoms with Gasteiger partial charge in [-0.3, -0.25) is 4.79 Å². The van der Waals surface area contributed by atoms with Gasteiger partial charge in [-0.1, -0.05) is 26.5 Å². The summed E-state index contributed by atoms with van der Waals surface area (Å²) < 4.78 is 6.00. The third-order valence-electron chi connectivity index (χ3n) is 6.43. The number of nitriles is 1. The number of rotatable bonds is 8. The third kappa shape index (κ3) is 4.10. The molecule has 1 aliphatic heterocycles. The summed E-state index contributed by atoms with van der Waals surface area (Å²) in [5, 5.41) is 10.5. The van der Waals surface area contributed by atoms with Crippen LogP contribution in [0.1, 0.15) is 43.6 Å². The van der Waals surface area contributed by atoms with Crippen LogP contribution in [0.4, 0.5) is 0 Å². The van der Waals surface area contributed by atoms with Gasteiger partial charge in [-0.05, 0) is 43.4 Å². The van der Waals surface area contributed by atoms with Crippen molar-refractivity contribution in [3.8, 4) is 11.8 Å². The van der Waals surface area contributed by atoms with Crippen molar-refractivity contribution >= 4 is 23.1 Å². The number of benzene rings is 1. The fourth-order valence-corrected chi connectivity index (χ4v) is 4.66. The van der Waals surface area contributed by atoms with E-state index in [0.717, 1.165) is 35.8 Å². The van der Waals surface area contributed by atoms with E-state index in [1.807, 2.05) is 43.0 Å². The van der Waals surface area contributed by atoms with Crippen LogP contribution in [-0.2, 0) is 4.79 Å². The number of carbonyl (C=O) groups excluding carboxylic acids is 2. The van der Waals surface area contributed by atoms with E-state index in [9.17, 15) is 14.9 Å². The number of hydrogen-bond acceptors (Lipinski definition) is 5. The van der Waals surface area contributed by atoms with Gasteiger partial charge in [-0.2, -0.15) is 5.26 Å². The standard InChI is InChI=1S/C25H30N4O3/c1-15(2)24(16(3)29-13-17(14-30)10-18(29)12-26)28(4)25(31)22-11-20-21(27-22)6-5-7-23(20)32-19-8-9-19/h5-7,11,14-15,17-19,24,27H,3,8-10,13H2,1-2,4H3. The second-order valence-corrected chi connectivity index (χ2v) is 9.24. The Morgan fingerprint density at radius 1 is 1.41 bits per heavy atom. The van der Waals surface area contributed by atoms with E-state index in [0.29, 0.717) is 24.4 Å². The normalized spacial score (nSPS) is 21.4. The highest BCUT2D eigenvalue weighted by molar-refractivity contribution is 5.99. The number of hydrogen-bond donors (Lipinski definition) is 1. The molecular formula is C25H30N4O3. The molecule has 0 spiro atoms. The lowest BCUT2D eigenvalue weighted by Gasteiger charge is -2.38. The zero-order chi connectivity index (χ0) is 23.0. The van der Waals surface area contributed by atoms with E-state index in [4.69, 9.17) is 4.74 Å². The van der Waals surface area contributed by atoms with Crippen molar-refractivity contribution in [1.82, 2.24) is 14.8 Å². The summed E-state index contributed by atoms with van der Waals surface area (Å²) in [6.07, 6.45) is 3.81. The number of fused-ring (bicyclic) bond motifs is 1. The smallest absolute Gasteiger partial charge is 0.270 e.